The summed E-state index contributed by atoms with van der Waals surface area (Å²) in [6.45, 7) is 9.54. The molecule has 1 unspecified atom stereocenters. The predicted octanol–water partition coefficient (Wildman–Crippen LogP) is 1.20. The number of nitrogens with zero attached hydrogens (tertiary/aromatic N) is 1. The van der Waals surface area contributed by atoms with Crippen LogP contribution in [0.15, 0.2) is 4.40 Å². The molecule has 0 aromatic carbocycles. The lowest BCUT2D eigenvalue weighted by atomic mass is 10.2. The smallest absolute Gasteiger partial charge is 0.0311 e. The van der Waals surface area contributed by atoms with E-state index in [-0.39, 0.29) is 5.25 Å². The summed E-state index contributed by atoms with van der Waals surface area (Å²) in [6, 6.07) is 0. The first-order chi connectivity index (χ1) is 4.41. The van der Waals surface area contributed by atoms with Gasteiger partial charge in [0.05, 0.1) is 0 Å². The van der Waals surface area contributed by atoms with E-state index in [1.165, 1.54) is 0 Å². The molecule has 0 saturated carbocycles. The highest BCUT2D eigenvalue weighted by atomic mass is 32.3. The van der Waals surface area contributed by atoms with Crippen LogP contribution in [-0.4, -0.2) is 12.0 Å². The van der Waals surface area contributed by atoms with E-state index in [1.54, 1.807) is 0 Å². The molecule has 0 saturated heterocycles. The Morgan fingerprint density at radius 3 is 1.80 bits per heavy atom. The summed E-state index contributed by atoms with van der Waals surface area (Å²) in [4.78, 5) is 0. The molecule has 62 valence electrons. The largest absolute Gasteiger partial charge is 0.266 e. The SMILES string of the molecule is C=NS(N)(N)C(C)C(C)C. The average molecular weight is 163 g/mol. The minimum atomic E-state index is -1.78. The van der Waals surface area contributed by atoms with E-state index < -0.39 is 10.6 Å². The van der Waals surface area contributed by atoms with Crippen molar-refractivity contribution < 1.29 is 0 Å². The van der Waals surface area contributed by atoms with Crippen LogP contribution in [-0.2, 0) is 0 Å². The van der Waals surface area contributed by atoms with Crippen molar-refractivity contribution in [2.45, 2.75) is 26.0 Å². The van der Waals surface area contributed by atoms with Crippen LogP contribution in [0.25, 0.3) is 0 Å². The molecule has 0 heterocycles. The van der Waals surface area contributed by atoms with Crippen LogP contribution in [0.1, 0.15) is 20.8 Å². The second-order valence-corrected chi connectivity index (χ2v) is 5.25. The van der Waals surface area contributed by atoms with Crippen molar-refractivity contribution in [3.8, 4) is 0 Å². The first kappa shape index (κ1) is 9.94. The molecule has 0 bridgehead atoms. The molecular weight excluding hydrogens is 146 g/mol. The van der Waals surface area contributed by atoms with E-state index >= 15 is 0 Å². The lowest BCUT2D eigenvalue weighted by Gasteiger charge is -2.34. The van der Waals surface area contributed by atoms with Crippen molar-refractivity contribution in [1.82, 2.24) is 0 Å². The molecule has 0 radical (unpaired) electrons. The van der Waals surface area contributed by atoms with Gasteiger partial charge in [-0.3, -0.25) is 10.3 Å². The van der Waals surface area contributed by atoms with Crippen molar-refractivity contribution in [1.29, 1.82) is 0 Å². The zero-order valence-electron chi connectivity index (χ0n) is 6.87. The van der Waals surface area contributed by atoms with Crippen LogP contribution in [0, 0.1) is 5.92 Å². The van der Waals surface area contributed by atoms with Crippen molar-refractivity contribution in [2.24, 2.45) is 20.6 Å². The van der Waals surface area contributed by atoms with E-state index in [9.17, 15) is 0 Å². The molecule has 0 rings (SSSR count). The van der Waals surface area contributed by atoms with Gasteiger partial charge >= 0.3 is 0 Å². The van der Waals surface area contributed by atoms with Gasteiger partial charge in [0, 0.05) is 5.25 Å². The number of hydrogen-bond donors (Lipinski definition) is 2. The van der Waals surface area contributed by atoms with E-state index in [0.717, 1.165) is 0 Å². The first-order valence-corrected chi connectivity index (χ1v) is 5.05. The molecular formula is C6H17N3S. The molecule has 0 aromatic rings. The van der Waals surface area contributed by atoms with Crippen molar-refractivity contribution in [3.63, 3.8) is 0 Å². The summed E-state index contributed by atoms with van der Waals surface area (Å²) in [5, 5.41) is 11.6. The Morgan fingerprint density at radius 2 is 1.70 bits per heavy atom. The van der Waals surface area contributed by atoms with Gasteiger partial charge in [-0.15, -0.1) is 0 Å². The number of nitrogens with two attached hydrogens (primary N) is 2. The van der Waals surface area contributed by atoms with Gasteiger partial charge in [-0.1, -0.05) is 20.8 Å². The summed E-state index contributed by atoms with van der Waals surface area (Å²) in [7, 11) is -1.78. The third-order valence-corrected chi connectivity index (χ3v) is 3.94. The molecule has 0 aliphatic rings. The van der Waals surface area contributed by atoms with E-state index in [4.69, 9.17) is 10.3 Å². The van der Waals surface area contributed by atoms with Crippen molar-refractivity contribution in [3.05, 3.63) is 0 Å². The lowest BCUT2D eigenvalue weighted by molar-refractivity contribution is 0.634. The first-order valence-electron chi connectivity index (χ1n) is 3.27. The summed E-state index contributed by atoms with van der Waals surface area (Å²) in [5.74, 6) is 0.468. The number of rotatable bonds is 3. The maximum atomic E-state index is 5.69. The third kappa shape index (κ3) is 2.28. The standard InChI is InChI=1S/C6H17N3S/c1-5(2)6(3)10(7,8)9-4/h5-6H,4,7-8H2,1-3H3. The Morgan fingerprint density at radius 1 is 1.30 bits per heavy atom. The fourth-order valence-electron chi connectivity index (χ4n) is 0.554. The molecule has 1 atom stereocenters. The molecule has 0 fully saturated rings. The summed E-state index contributed by atoms with van der Waals surface area (Å²) < 4.78 is 3.73. The van der Waals surface area contributed by atoms with Gasteiger partial charge in [-0.05, 0) is 23.2 Å². The molecule has 0 spiro atoms. The lowest BCUT2D eigenvalue weighted by Crippen LogP contribution is -2.31. The topological polar surface area (TPSA) is 64.4 Å². The van der Waals surface area contributed by atoms with Crippen LogP contribution >= 0.6 is 10.6 Å². The van der Waals surface area contributed by atoms with Crippen LogP contribution in [0.4, 0.5) is 0 Å². The van der Waals surface area contributed by atoms with Crippen molar-refractivity contribution in [2.75, 3.05) is 0 Å². The van der Waals surface area contributed by atoms with Gasteiger partial charge in [-0.2, -0.15) is 0 Å². The molecule has 0 amide bonds. The summed E-state index contributed by atoms with van der Waals surface area (Å²) >= 11 is 0. The van der Waals surface area contributed by atoms with E-state index in [1.807, 2.05) is 6.92 Å². The highest BCUT2D eigenvalue weighted by Crippen LogP contribution is 2.40. The Bertz CT molecular complexity index is 122. The molecule has 4 heteroatoms. The zero-order chi connectivity index (χ0) is 8.36. The monoisotopic (exact) mass is 163 g/mol. The average Bonchev–Trinajstić information content (AvgIpc) is 1.86. The minimum Gasteiger partial charge on any atom is -0.266 e. The van der Waals surface area contributed by atoms with Crippen LogP contribution in [0.2, 0.25) is 0 Å². The van der Waals surface area contributed by atoms with Gasteiger partial charge in [0.2, 0.25) is 0 Å². The molecule has 3 nitrogen and oxygen atoms in total. The quantitative estimate of drug-likeness (QED) is 0.614. The minimum absolute atomic E-state index is 0.241. The van der Waals surface area contributed by atoms with E-state index in [0.29, 0.717) is 5.92 Å². The molecule has 10 heavy (non-hydrogen) atoms. The van der Waals surface area contributed by atoms with Crippen LogP contribution in [0.3, 0.4) is 0 Å². The van der Waals surface area contributed by atoms with Crippen molar-refractivity contribution >= 4 is 17.3 Å². The Kier molecular flexibility index (Phi) is 3.35. The maximum absolute atomic E-state index is 5.69. The van der Waals surface area contributed by atoms with Crippen LogP contribution in [0.5, 0.6) is 0 Å². The Hall–Kier alpha value is -0.0600. The van der Waals surface area contributed by atoms with Gasteiger partial charge in [0.25, 0.3) is 0 Å². The fraction of sp³-hybridized carbons (Fsp3) is 0.833. The highest BCUT2D eigenvalue weighted by molar-refractivity contribution is 8.29. The zero-order valence-corrected chi connectivity index (χ0v) is 7.69. The molecule has 0 aliphatic heterocycles. The molecule has 4 N–H and O–H groups in total. The molecule has 0 aromatic heterocycles. The summed E-state index contributed by atoms with van der Waals surface area (Å²) in [5.41, 5.74) is 0. The molecule has 0 aliphatic carbocycles. The Labute approximate surface area is 64.6 Å². The Balaban J connectivity index is 4.17. The van der Waals surface area contributed by atoms with Gasteiger partial charge in [0.15, 0.2) is 0 Å². The van der Waals surface area contributed by atoms with Gasteiger partial charge in [0.1, 0.15) is 0 Å². The second kappa shape index (κ2) is 3.37. The normalized spacial score (nSPS) is 17.0. The van der Waals surface area contributed by atoms with E-state index in [2.05, 4.69) is 25.0 Å². The van der Waals surface area contributed by atoms with Gasteiger partial charge in [-0.25, -0.2) is 4.40 Å². The van der Waals surface area contributed by atoms with Crippen LogP contribution < -0.4 is 10.3 Å². The maximum Gasteiger partial charge on any atom is 0.0311 e. The highest BCUT2D eigenvalue weighted by Gasteiger charge is 2.22. The second-order valence-electron chi connectivity index (χ2n) is 2.80. The third-order valence-electron chi connectivity index (χ3n) is 1.76. The van der Waals surface area contributed by atoms with Gasteiger partial charge < -0.3 is 0 Å². The number of hydrogen-bond acceptors (Lipinski definition) is 3. The summed E-state index contributed by atoms with van der Waals surface area (Å²) in [6.07, 6.45) is 0. The predicted molar refractivity (Wildman–Crippen MR) is 49.8 cm³/mol. The fourth-order valence-corrected chi connectivity index (χ4v) is 1.66.